The summed E-state index contributed by atoms with van der Waals surface area (Å²) in [5, 5.41) is 5.63. The molecule has 5 heteroatoms. The van der Waals surface area contributed by atoms with Gasteiger partial charge in [-0.3, -0.25) is 0 Å². The minimum absolute atomic E-state index is 0.791. The first-order valence-corrected chi connectivity index (χ1v) is 19.6. The second-order valence-electron chi connectivity index (χ2n) is 13.1. The van der Waals surface area contributed by atoms with Gasteiger partial charge in [0.2, 0.25) is 0 Å². The van der Waals surface area contributed by atoms with Crippen LogP contribution in [-0.4, -0.2) is 0 Å². The Kier molecular flexibility index (Phi) is 7.95. The summed E-state index contributed by atoms with van der Waals surface area (Å²) >= 11 is 10.6. The molecule has 0 saturated carbocycles. The monoisotopic (exact) mass is 734 g/mol. The lowest BCUT2D eigenvalue weighted by atomic mass is 10.0. The van der Waals surface area contributed by atoms with Gasteiger partial charge in [-0.2, -0.15) is 0 Å². The molecule has 0 unspecified atom stereocenters. The van der Waals surface area contributed by atoms with Gasteiger partial charge in [0, 0.05) is 58.4 Å². The smallest absolute Gasteiger partial charge is 0.0640 e. The first kappa shape index (κ1) is 31.8. The van der Waals surface area contributed by atoms with Crippen LogP contribution in [0, 0.1) is 0 Å². The number of benzene rings is 8. The fourth-order valence-corrected chi connectivity index (χ4v) is 10.3. The van der Waals surface area contributed by atoms with Crippen molar-refractivity contribution in [2.45, 2.75) is 0 Å². The molecule has 0 amide bonds. The summed E-state index contributed by atoms with van der Waals surface area (Å²) in [7, 11) is 0. The lowest BCUT2D eigenvalue weighted by Gasteiger charge is -2.27. The number of rotatable bonds is 7. The largest absolute Gasteiger partial charge is 0.310 e. The summed E-state index contributed by atoms with van der Waals surface area (Å²) in [6.45, 7) is 0. The normalized spacial score (nSPS) is 11.5. The zero-order valence-corrected chi connectivity index (χ0v) is 30.9. The molecule has 10 aromatic rings. The van der Waals surface area contributed by atoms with E-state index in [2.05, 4.69) is 198 Å². The van der Waals surface area contributed by atoms with Gasteiger partial charge < -0.3 is 9.80 Å². The molecule has 10 rings (SSSR count). The zero-order chi connectivity index (χ0) is 35.3. The molecule has 0 aliphatic heterocycles. The summed E-state index contributed by atoms with van der Waals surface area (Å²) in [6, 6.07) is 67.2. The maximum atomic E-state index is 6.96. The van der Waals surface area contributed by atoms with Crippen LogP contribution in [0.25, 0.3) is 51.5 Å². The van der Waals surface area contributed by atoms with Crippen LogP contribution in [0.4, 0.5) is 34.1 Å². The predicted molar refractivity (Wildman–Crippen MR) is 232 cm³/mol. The molecule has 0 aliphatic rings. The highest BCUT2D eigenvalue weighted by Crippen LogP contribution is 2.49. The third-order valence-electron chi connectivity index (χ3n) is 9.89. The number of thiophene rings is 2. The minimum atomic E-state index is 0.791. The Bertz CT molecular complexity index is 2860. The summed E-state index contributed by atoms with van der Waals surface area (Å²) < 4.78 is 4.95. The molecule has 53 heavy (non-hydrogen) atoms. The van der Waals surface area contributed by atoms with E-state index in [0.29, 0.717) is 0 Å². The van der Waals surface area contributed by atoms with Crippen molar-refractivity contribution in [2.24, 2.45) is 0 Å². The average Bonchev–Trinajstić information content (AvgIpc) is 3.79. The van der Waals surface area contributed by atoms with E-state index in [1.807, 2.05) is 11.3 Å². The van der Waals surface area contributed by atoms with Gasteiger partial charge >= 0.3 is 0 Å². The number of para-hydroxylation sites is 3. The quantitative estimate of drug-likeness (QED) is 0.161. The highest BCUT2D eigenvalue weighted by molar-refractivity contribution is 7.26. The van der Waals surface area contributed by atoms with Crippen molar-refractivity contribution in [3.63, 3.8) is 0 Å². The molecular formula is C48H31ClN2S2. The van der Waals surface area contributed by atoms with Crippen LogP contribution in [0.15, 0.2) is 188 Å². The molecule has 0 fully saturated rings. The molecule has 8 aromatic carbocycles. The Morgan fingerprint density at radius 2 is 0.887 bits per heavy atom. The molecule has 0 atom stereocenters. The molecule has 0 bridgehead atoms. The molecule has 252 valence electrons. The summed E-state index contributed by atoms with van der Waals surface area (Å²) in [5.41, 5.74) is 9.01. The molecule has 0 aliphatic carbocycles. The van der Waals surface area contributed by atoms with E-state index in [1.54, 1.807) is 11.3 Å². The van der Waals surface area contributed by atoms with E-state index < -0.39 is 0 Å². The van der Waals surface area contributed by atoms with E-state index in [0.717, 1.165) is 55.7 Å². The molecule has 0 saturated heterocycles. The van der Waals surface area contributed by atoms with E-state index >= 15 is 0 Å². The number of hydrogen-bond donors (Lipinski definition) is 0. The number of fused-ring (bicyclic) bond motifs is 6. The van der Waals surface area contributed by atoms with E-state index in [4.69, 9.17) is 11.6 Å². The summed E-state index contributed by atoms with van der Waals surface area (Å²) in [5.74, 6) is 0. The Balaban J connectivity index is 1.12. The molecule has 2 nitrogen and oxygen atoms in total. The van der Waals surface area contributed by atoms with Gasteiger partial charge in [0.05, 0.1) is 21.1 Å². The number of hydrogen-bond acceptors (Lipinski definition) is 4. The van der Waals surface area contributed by atoms with Crippen molar-refractivity contribution in [3.8, 4) is 11.1 Å². The maximum Gasteiger partial charge on any atom is 0.0640 e. The van der Waals surface area contributed by atoms with Crippen molar-refractivity contribution in [1.29, 1.82) is 0 Å². The van der Waals surface area contributed by atoms with Gasteiger partial charge in [-0.05, 0) is 96.1 Å². The van der Waals surface area contributed by atoms with Crippen molar-refractivity contribution < 1.29 is 0 Å². The molecule has 0 spiro atoms. The molecule has 2 aromatic heterocycles. The van der Waals surface area contributed by atoms with Crippen molar-refractivity contribution >= 4 is 109 Å². The third kappa shape index (κ3) is 5.55. The van der Waals surface area contributed by atoms with Gasteiger partial charge in [-0.25, -0.2) is 0 Å². The van der Waals surface area contributed by atoms with Crippen molar-refractivity contribution in [3.05, 3.63) is 193 Å². The van der Waals surface area contributed by atoms with Gasteiger partial charge in [-0.15, -0.1) is 22.7 Å². The summed E-state index contributed by atoms with van der Waals surface area (Å²) in [6.07, 6.45) is 0. The fraction of sp³-hybridized carbons (Fsp3) is 0. The van der Waals surface area contributed by atoms with Crippen molar-refractivity contribution in [1.82, 2.24) is 0 Å². The average molecular weight is 735 g/mol. The number of halogens is 1. The van der Waals surface area contributed by atoms with E-state index in [-0.39, 0.29) is 0 Å². The molecular weight excluding hydrogens is 704 g/mol. The van der Waals surface area contributed by atoms with E-state index in [1.165, 1.54) is 35.0 Å². The topological polar surface area (TPSA) is 6.48 Å². The Morgan fingerprint density at radius 3 is 1.57 bits per heavy atom. The van der Waals surface area contributed by atoms with Gasteiger partial charge in [0.25, 0.3) is 0 Å². The maximum absolute atomic E-state index is 6.96. The van der Waals surface area contributed by atoms with Crippen LogP contribution >= 0.6 is 34.3 Å². The lowest BCUT2D eigenvalue weighted by Crippen LogP contribution is -2.10. The van der Waals surface area contributed by atoms with Gasteiger partial charge in [0.15, 0.2) is 0 Å². The predicted octanol–water partition coefficient (Wildman–Crippen LogP) is 15.7. The SMILES string of the molecule is Clc1cc(-c2ccc(N(c3ccccc3)c3cccc4c3sc3cccc(N(c5ccccc5)c5ccccc5)c34)cc2)cc2sc3ccccc3c12. The lowest BCUT2D eigenvalue weighted by molar-refractivity contribution is 1.30. The van der Waals surface area contributed by atoms with Crippen LogP contribution in [-0.2, 0) is 0 Å². The Morgan fingerprint density at radius 1 is 0.358 bits per heavy atom. The zero-order valence-electron chi connectivity index (χ0n) is 28.5. The highest BCUT2D eigenvalue weighted by Gasteiger charge is 2.22. The van der Waals surface area contributed by atoms with Gasteiger partial charge in [0.1, 0.15) is 0 Å². The second-order valence-corrected chi connectivity index (χ2v) is 15.6. The highest BCUT2D eigenvalue weighted by atomic mass is 35.5. The van der Waals surface area contributed by atoms with Crippen LogP contribution in [0.3, 0.4) is 0 Å². The van der Waals surface area contributed by atoms with Crippen LogP contribution in [0.1, 0.15) is 0 Å². The standard InChI is InChI=1S/C48H31ClN2S2/c49-40-30-33(31-45-46(40)38-20-10-11-24-43(38)52-45)32-26-28-37(29-27-32)51(36-18-8-3-9-19-36)42-23-12-21-39-47-41(22-13-25-44(47)53-48(39)42)50(34-14-4-1-5-15-34)35-16-6-2-7-17-35/h1-31H. The third-order valence-corrected chi connectivity index (χ3v) is 12.5. The number of anilines is 6. The van der Waals surface area contributed by atoms with Crippen molar-refractivity contribution in [2.75, 3.05) is 9.80 Å². The Hall–Kier alpha value is -5.91. The molecule has 0 radical (unpaired) electrons. The molecule has 0 N–H and O–H groups in total. The minimum Gasteiger partial charge on any atom is -0.310 e. The Labute approximate surface area is 321 Å². The molecule has 2 heterocycles. The van der Waals surface area contributed by atoms with Crippen LogP contribution < -0.4 is 9.80 Å². The fourth-order valence-electron chi connectivity index (χ4n) is 7.54. The van der Waals surface area contributed by atoms with E-state index in [9.17, 15) is 0 Å². The summed E-state index contributed by atoms with van der Waals surface area (Å²) in [4.78, 5) is 4.76. The van der Waals surface area contributed by atoms with Crippen LogP contribution in [0.5, 0.6) is 0 Å². The first-order valence-electron chi connectivity index (χ1n) is 17.6. The first-order chi connectivity index (χ1) is 26.2. The van der Waals surface area contributed by atoms with Crippen LogP contribution in [0.2, 0.25) is 5.02 Å². The second kappa shape index (κ2) is 13.3. The van der Waals surface area contributed by atoms with Gasteiger partial charge in [-0.1, -0.05) is 115 Å². The number of nitrogens with zero attached hydrogens (tertiary/aromatic N) is 2.